The smallest absolute Gasteiger partial charge is 0.251 e. The Morgan fingerprint density at radius 3 is 2.90 bits per heavy atom. The van der Waals surface area contributed by atoms with Gasteiger partial charge in [-0.25, -0.2) is 0 Å². The average molecular weight is 289 g/mol. The van der Waals surface area contributed by atoms with Gasteiger partial charge in [0.1, 0.15) is 11.9 Å². The first kappa shape index (κ1) is 13.3. The third-order valence-corrected chi connectivity index (χ3v) is 3.34. The molecule has 2 aromatic heterocycles. The molecule has 1 atom stereocenters. The fraction of sp³-hybridized carbons (Fsp3) is 0.417. The lowest BCUT2D eigenvalue weighted by atomic mass is 10.2. The Hall–Kier alpha value is -2.71. The van der Waals surface area contributed by atoms with Crippen LogP contribution in [0.25, 0.3) is 11.0 Å². The first-order chi connectivity index (χ1) is 10.1. The Morgan fingerprint density at radius 2 is 2.24 bits per heavy atom. The van der Waals surface area contributed by atoms with E-state index in [1.165, 1.54) is 7.05 Å². The number of nitrogens with one attached hydrogen (secondary N) is 3. The second-order valence-electron chi connectivity index (χ2n) is 4.75. The molecule has 3 N–H and O–H groups in total. The van der Waals surface area contributed by atoms with Gasteiger partial charge in [-0.05, 0) is 6.92 Å². The van der Waals surface area contributed by atoms with E-state index in [1.807, 2.05) is 6.92 Å². The van der Waals surface area contributed by atoms with Crippen LogP contribution in [0.2, 0.25) is 0 Å². The van der Waals surface area contributed by atoms with Crippen molar-refractivity contribution >= 4 is 34.6 Å². The van der Waals surface area contributed by atoms with Gasteiger partial charge in [0.15, 0.2) is 5.65 Å². The maximum Gasteiger partial charge on any atom is 0.251 e. The first-order valence-electron chi connectivity index (χ1n) is 6.62. The molecule has 3 heterocycles. The van der Waals surface area contributed by atoms with E-state index in [9.17, 15) is 9.59 Å². The molecule has 0 radical (unpaired) electrons. The largest absolute Gasteiger partial charge is 0.357 e. The van der Waals surface area contributed by atoms with Gasteiger partial charge in [0, 0.05) is 13.6 Å². The number of hydrogen-bond acceptors (Lipinski definition) is 7. The van der Waals surface area contributed by atoms with Crippen molar-refractivity contribution in [2.75, 3.05) is 24.2 Å². The summed E-state index contributed by atoms with van der Waals surface area (Å²) in [6.45, 7) is 2.60. The molecule has 2 aromatic rings. The monoisotopic (exact) mass is 289 g/mol. The summed E-state index contributed by atoms with van der Waals surface area (Å²) in [5.74, 6) is 0.440. The van der Waals surface area contributed by atoms with Crippen molar-refractivity contribution in [3.8, 4) is 0 Å². The second-order valence-corrected chi connectivity index (χ2v) is 4.75. The summed E-state index contributed by atoms with van der Waals surface area (Å²) < 4.78 is 0. The molecule has 1 aliphatic heterocycles. The van der Waals surface area contributed by atoms with E-state index in [1.54, 1.807) is 6.20 Å². The number of amides is 2. The molecule has 9 heteroatoms. The predicted molar refractivity (Wildman–Crippen MR) is 75.7 cm³/mol. The number of anilines is 2. The number of carbonyl (C=O) groups is 2. The summed E-state index contributed by atoms with van der Waals surface area (Å²) >= 11 is 0. The van der Waals surface area contributed by atoms with Crippen LogP contribution in [0.3, 0.4) is 0 Å². The van der Waals surface area contributed by atoms with E-state index in [2.05, 4.69) is 30.8 Å². The molecular formula is C12H15N7O2. The van der Waals surface area contributed by atoms with Crippen LogP contribution in [0.1, 0.15) is 13.3 Å². The van der Waals surface area contributed by atoms with Gasteiger partial charge >= 0.3 is 0 Å². The van der Waals surface area contributed by atoms with Crippen LogP contribution in [0, 0.1) is 0 Å². The van der Waals surface area contributed by atoms with Crippen LogP contribution in [0.15, 0.2) is 6.20 Å². The molecule has 0 aliphatic carbocycles. The van der Waals surface area contributed by atoms with E-state index in [4.69, 9.17) is 0 Å². The molecule has 1 saturated heterocycles. The Balaban J connectivity index is 1.94. The highest BCUT2D eigenvalue weighted by atomic mass is 16.2. The number of aromatic amines is 1. The van der Waals surface area contributed by atoms with Crippen LogP contribution in [0.5, 0.6) is 0 Å². The van der Waals surface area contributed by atoms with Crippen LogP contribution in [-0.4, -0.2) is 56.5 Å². The number of rotatable bonds is 4. The molecule has 110 valence electrons. The van der Waals surface area contributed by atoms with E-state index >= 15 is 0 Å². The third-order valence-electron chi connectivity index (χ3n) is 3.34. The topological polar surface area (TPSA) is 116 Å². The minimum absolute atomic E-state index is 0.120. The fourth-order valence-electron chi connectivity index (χ4n) is 2.22. The van der Waals surface area contributed by atoms with Crippen molar-refractivity contribution < 1.29 is 9.59 Å². The Kier molecular flexibility index (Phi) is 3.16. The molecule has 0 spiro atoms. The molecule has 21 heavy (non-hydrogen) atoms. The SMILES string of the molecule is CCNc1nc(NC2CC(=O)N(C)C2=O)c2cn[nH]c2n1. The maximum atomic E-state index is 12.0. The molecule has 3 rings (SSSR count). The standard InChI is InChI=1S/C12H15N7O2/c1-3-13-12-16-9(6-5-14-18-10(6)17-12)15-7-4-8(20)19(2)11(7)21/h5,7H,3-4H2,1-2H3,(H3,13,14,15,16,17,18). The fourth-order valence-corrected chi connectivity index (χ4v) is 2.22. The summed E-state index contributed by atoms with van der Waals surface area (Å²) in [5, 5.41) is 13.4. The van der Waals surface area contributed by atoms with Gasteiger partial charge in [-0.2, -0.15) is 15.1 Å². The zero-order chi connectivity index (χ0) is 15.0. The van der Waals surface area contributed by atoms with Crippen molar-refractivity contribution in [2.24, 2.45) is 0 Å². The van der Waals surface area contributed by atoms with Gasteiger partial charge in [-0.1, -0.05) is 0 Å². The average Bonchev–Trinajstić information content (AvgIpc) is 3.01. The molecule has 1 aliphatic rings. The highest BCUT2D eigenvalue weighted by Crippen LogP contribution is 2.23. The van der Waals surface area contributed by atoms with Crippen molar-refractivity contribution in [3.05, 3.63) is 6.20 Å². The Labute approximate surface area is 120 Å². The number of nitrogens with zero attached hydrogens (tertiary/aromatic N) is 4. The molecule has 1 unspecified atom stereocenters. The van der Waals surface area contributed by atoms with Gasteiger partial charge in [0.05, 0.1) is 18.0 Å². The zero-order valence-electron chi connectivity index (χ0n) is 11.7. The van der Waals surface area contributed by atoms with Crippen LogP contribution in [0.4, 0.5) is 11.8 Å². The highest BCUT2D eigenvalue weighted by molar-refractivity contribution is 6.07. The highest BCUT2D eigenvalue weighted by Gasteiger charge is 2.36. The zero-order valence-corrected chi connectivity index (χ0v) is 11.7. The quantitative estimate of drug-likeness (QED) is 0.676. The van der Waals surface area contributed by atoms with E-state index in [-0.39, 0.29) is 18.2 Å². The van der Waals surface area contributed by atoms with Crippen molar-refractivity contribution in [1.82, 2.24) is 25.1 Å². The van der Waals surface area contributed by atoms with Gasteiger partial charge in [-0.15, -0.1) is 0 Å². The number of H-pyrrole nitrogens is 1. The van der Waals surface area contributed by atoms with E-state index < -0.39 is 6.04 Å². The number of aromatic nitrogens is 4. The normalized spacial score (nSPS) is 18.6. The number of imide groups is 1. The van der Waals surface area contributed by atoms with Crippen LogP contribution >= 0.6 is 0 Å². The van der Waals surface area contributed by atoms with E-state index in [0.29, 0.717) is 29.3 Å². The minimum atomic E-state index is -0.607. The summed E-state index contributed by atoms with van der Waals surface area (Å²) in [6.07, 6.45) is 1.70. The number of fused-ring (bicyclic) bond motifs is 1. The van der Waals surface area contributed by atoms with Gasteiger partial charge in [0.2, 0.25) is 11.9 Å². The summed E-state index contributed by atoms with van der Waals surface area (Å²) in [5.41, 5.74) is 0.563. The van der Waals surface area contributed by atoms with Crippen molar-refractivity contribution in [2.45, 2.75) is 19.4 Å². The van der Waals surface area contributed by atoms with Gasteiger partial charge in [-0.3, -0.25) is 19.6 Å². The molecule has 0 aromatic carbocycles. The predicted octanol–water partition coefficient (Wildman–Crippen LogP) is -0.0461. The second kappa shape index (κ2) is 5.00. The number of hydrogen-bond donors (Lipinski definition) is 3. The lowest BCUT2D eigenvalue weighted by Crippen LogP contribution is -2.32. The van der Waals surface area contributed by atoms with E-state index in [0.717, 1.165) is 4.90 Å². The third kappa shape index (κ3) is 2.26. The van der Waals surface area contributed by atoms with Crippen molar-refractivity contribution in [3.63, 3.8) is 0 Å². The molecule has 0 bridgehead atoms. The Morgan fingerprint density at radius 1 is 1.43 bits per heavy atom. The Bertz CT molecular complexity index is 711. The first-order valence-corrected chi connectivity index (χ1v) is 6.62. The molecule has 9 nitrogen and oxygen atoms in total. The lowest BCUT2D eigenvalue weighted by Gasteiger charge is -2.13. The molecule has 0 saturated carbocycles. The molecular weight excluding hydrogens is 274 g/mol. The number of carbonyl (C=O) groups excluding carboxylic acids is 2. The summed E-state index contributed by atoms with van der Waals surface area (Å²) in [7, 11) is 1.48. The summed E-state index contributed by atoms with van der Waals surface area (Å²) in [4.78, 5) is 33.3. The van der Waals surface area contributed by atoms with Gasteiger partial charge in [0.25, 0.3) is 5.91 Å². The van der Waals surface area contributed by atoms with Crippen molar-refractivity contribution in [1.29, 1.82) is 0 Å². The number of likely N-dealkylation sites (N-methyl/N-ethyl adjacent to an activating group) is 1. The van der Waals surface area contributed by atoms with Crippen LogP contribution < -0.4 is 10.6 Å². The number of likely N-dealkylation sites (tertiary alicyclic amines) is 1. The summed E-state index contributed by atoms with van der Waals surface area (Å²) in [6, 6.07) is -0.607. The molecule has 1 fully saturated rings. The molecule has 2 amide bonds. The maximum absolute atomic E-state index is 12.0. The minimum Gasteiger partial charge on any atom is -0.357 e. The van der Waals surface area contributed by atoms with Gasteiger partial charge < -0.3 is 10.6 Å². The van der Waals surface area contributed by atoms with Crippen LogP contribution in [-0.2, 0) is 9.59 Å². The lowest BCUT2D eigenvalue weighted by molar-refractivity contribution is -0.136.